The van der Waals surface area contributed by atoms with Crippen molar-refractivity contribution >= 4 is 11.6 Å². The highest BCUT2D eigenvalue weighted by atomic mass is 35.5. The van der Waals surface area contributed by atoms with Crippen molar-refractivity contribution in [2.75, 3.05) is 0 Å². The summed E-state index contributed by atoms with van der Waals surface area (Å²) < 4.78 is 0. The largest absolute Gasteiger partial charge is 0.387 e. The molecule has 1 fully saturated rings. The van der Waals surface area contributed by atoms with Crippen molar-refractivity contribution in [3.05, 3.63) is 70.7 Å². The van der Waals surface area contributed by atoms with Gasteiger partial charge in [0.2, 0.25) is 0 Å². The maximum Gasteiger partial charge on any atom is 0.0887 e. The van der Waals surface area contributed by atoms with Crippen LogP contribution in [0.4, 0.5) is 0 Å². The number of aliphatic hydroxyl groups is 1. The summed E-state index contributed by atoms with van der Waals surface area (Å²) in [6, 6.07) is 17.8. The van der Waals surface area contributed by atoms with Crippen LogP contribution < -0.4 is 0 Å². The summed E-state index contributed by atoms with van der Waals surface area (Å²) in [5.41, 5.74) is 2.02. The van der Waals surface area contributed by atoms with Gasteiger partial charge in [0.1, 0.15) is 0 Å². The van der Waals surface area contributed by atoms with E-state index in [2.05, 4.69) is 12.1 Å². The monoisotopic (exact) mass is 258 g/mol. The van der Waals surface area contributed by atoms with Gasteiger partial charge in [0.15, 0.2) is 0 Å². The fourth-order valence-corrected chi connectivity index (χ4v) is 2.82. The second-order valence-electron chi connectivity index (χ2n) is 4.98. The molecule has 0 aromatic heterocycles. The predicted octanol–water partition coefficient (Wildman–Crippen LogP) is 4.11. The van der Waals surface area contributed by atoms with Gasteiger partial charge >= 0.3 is 0 Å². The maximum atomic E-state index is 10.6. The zero-order chi connectivity index (χ0) is 12.6. The molecule has 1 N–H and O–H groups in total. The van der Waals surface area contributed by atoms with Crippen molar-refractivity contribution in [1.82, 2.24) is 0 Å². The quantitative estimate of drug-likeness (QED) is 0.879. The molecule has 2 aromatic carbocycles. The Morgan fingerprint density at radius 1 is 1.00 bits per heavy atom. The lowest BCUT2D eigenvalue weighted by Gasteiger charge is -2.23. The Labute approximate surface area is 112 Å². The van der Waals surface area contributed by atoms with Gasteiger partial charge in [0, 0.05) is 10.4 Å². The molecule has 0 radical (unpaired) electrons. The van der Waals surface area contributed by atoms with Gasteiger partial charge in [0.05, 0.1) is 6.10 Å². The first kappa shape index (κ1) is 11.8. The summed E-state index contributed by atoms with van der Waals surface area (Å²) in [7, 11) is 0. The van der Waals surface area contributed by atoms with Gasteiger partial charge in [-0.05, 0) is 36.1 Å². The number of halogens is 1. The Bertz CT molecular complexity index is 546. The van der Waals surface area contributed by atoms with Crippen LogP contribution in [0.15, 0.2) is 54.6 Å². The van der Waals surface area contributed by atoms with Crippen LogP contribution in [0.1, 0.15) is 30.1 Å². The summed E-state index contributed by atoms with van der Waals surface area (Å²) in [4.78, 5) is 0. The Kier molecular flexibility index (Phi) is 2.89. The van der Waals surface area contributed by atoms with E-state index in [1.54, 1.807) is 0 Å². The van der Waals surface area contributed by atoms with E-state index >= 15 is 0 Å². The van der Waals surface area contributed by atoms with Gasteiger partial charge in [-0.1, -0.05) is 54.1 Å². The molecule has 2 heteroatoms. The second kappa shape index (κ2) is 4.42. The van der Waals surface area contributed by atoms with Gasteiger partial charge < -0.3 is 5.11 Å². The topological polar surface area (TPSA) is 20.2 Å². The number of hydrogen-bond acceptors (Lipinski definition) is 1. The summed E-state index contributed by atoms with van der Waals surface area (Å²) >= 11 is 5.99. The van der Waals surface area contributed by atoms with E-state index in [0.29, 0.717) is 5.02 Å². The molecule has 0 heterocycles. The van der Waals surface area contributed by atoms with E-state index in [1.807, 2.05) is 42.5 Å². The number of aliphatic hydroxyl groups excluding tert-OH is 1. The van der Waals surface area contributed by atoms with Gasteiger partial charge in [-0.25, -0.2) is 0 Å². The van der Waals surface area contributed by atoms with Crippen LogP contribution in [0.5, 0.6) is 0 Å². The Morgan fingerprint density at radius 3 is 2.33 bits per heavy atom. The van der Waals surface area contributed by atoms with Gasteiger partial charge in [-0.15, -0.1) is 0 Å². The van der Waals surface area contributed by atoms with E-state index in [0.717, 1.165) is 18.4 Å². The Balaban J connectivity index is 1.95. The fourth-order valence-electron chi connectivity index (χ4n) is 2.62. The minimum Gasteiger partial charge on any atom is -0.387 e. The SMILES string of the molecule is OC(c1cccc(Cl)c1)C1(c2ccccc2)CC1. The Morgan fingerprint density at radius 2 is 1.72 bits per heavy atom. The van der Waals surface area contributed by atoms with Crippen molar-refractivity contribution in [2.45, 2.75) is 24.4 Å². The standard InChI is InChI=1S/C16H15ClO/c17-14-8-4-5-12(11-14)15(18)16(9-10-16)13-6-2-1-3-7-13/h1-8,11,15,18H,9-10H2. The molecule has 1 nitrogen and oxygen atoms in total. The van der Waals surface area contributed by atoms with E-state index in [9.17, 15) is 5.11 Å². The molecule has 1 unspecified atom stereocenters. The molecule has 3 rings (SSSR count). The number of benzene rings is 2. The zero-order valence-electron chi connectivity index (χ0n) is 10.0. The van der Waals surface area contributed by atoms with Crippen LogP contribution in [0.2, 0.25) is 5.02 Å². The number of rotatable bonds is 3. The normalized spacial score (nSPS) is 18.3. The third kappa shape index (κ3) is 1.94. The molecular weight excluding hydrogens is 244 g/mol. The zero-order valence-corrected chi connectivity index (χ0v) is 10.8. The molecule has 92 valence electrons. The molecule has 0 bridgehead atoms. The lowest BCUT2D eigenvalue weighted by Crippen LogP contribution is -2.18. The van der Waals surface area contributed by atoms with Crippen LogP contribution in [-0.4, -0.2) is 5.11 Å². The van der Waals surface area contributed by atoms with Crippen molar-refractivity contribution in [1.29, 1.82) is 0 Å². The van der Waals surface area contributed by atoms with Crippen LogP contribution >= 0.6 is 11.6 Å². The average Bonchev–Trinajstić information content (AvgIpc) is 3.20. The molecular formula is C16H15ClO. The molecule has 0 saturated heterocycles. The highest BCUT2D eigenvalue weighted by Gasteiger charge is 2.50. The Hall–Kier alpha value is -1.31. The molecule has 1 aliphatic rings. The van der Waals surface area contributed by atoms with E-state index in [-0.39, 0.29) is 5.41 Å². The molecule has 0 amide bonds. The summed E-state index contributed by atoms with van der Waals surface area (Å²) in [5, 5.41) is 11.3. The maximum absolute atomic E-state index is 10.6. The van der Waals surface area contributed by atoms with Gasteiger partial charge in [-0.3, -0.25) is 0 Å². The smallest absolute Gasteiger partial charge is 0.0887 e. The molecule has 18 heavy (non-hydrogen) atoms. The average molecular weight is 259 g/mol. The summed E-state index contributed by atoms with van der Waals surface area (Å²) in [6.45, 7) is 0. The molecule has 2 aromatic rings. The minimum absolute atomic E-state index is 0.105. The van der Waals surface area contributed by atoms with Crippen LogP contribution in [-0.2, 0) is 5.41 Å². The van der Waals surface area contributed by atoms with Crippen molar-refractivity contribution < 1.29 is 5.11 Å². The van der Waals surface area contributed by atoms with E-state index in [4.69, 9.17) is 11.6 Å². The predicted molar refractivity (Wildman–Crippen MR) is 73.8 cm³/mol. The molecule has 1 saturated carbocycles. The van der Waals surface area contributed by atoms with Crippen molar-refractivity contribution in [3.63, 3.8) is 0 Å². The summed E-state index contributed by atoms with van der Waals surface area (Å²) in [5.74, 6) is 0. The van der Waals surface area contributed by atoms with Gasteiger partial charge in [-0.2, -0.15) is 0 Å². The second-order valence-corrected chi connectivity index (χ2v) is 5.42. The first-order valence-electron chi connectivity index (χ1n) is 6.21. The lowest BCUT2D eigenvalue weighted by atomic mass is 9.86. The first-order chi connectivity index (χ1) is 8.72. The lowest BCUT2D eigenvalue weighted by molar-refractivity contribution is 0.133. The molecule has 0 spiro atoms. The molecule has 1 atom stereocenters. The van der Waals surface area contributed by atoms with E-state index in [1.165, 1.54) is 5.56 Å². The van der Waals surface area contributed by atoms with Crippen LogP contribution in [0.25, 0.3) is 0 Å². The van der Waals surface area contributed by atoms with E-state index < -0.39 is 6.10 Å². The summed E-state index contributed by atoms with van der Waals surface area (Å²) in [6.07, 6.45) is 1.59. The molecule has 0 aliphatic heterocycles. The molecule has 1 aliphatic carbocycles. The highest BCUT2D eigenvalue weighted by molar-refractivity contribution is 6.30. The third-order valence-corrected chi connectivity index (χ3v) is 4.06. The van der Waals surface area contributed by atoms with Crippen LogP contribution in [0.3, 0.4) is 0 Å². The minimum atomic E-state index is -0.474. The number of hydrogen-bond donors (Lipinski definition) is 1. The van der Waals surface area contributed by atoms with Crippen molar-refractivity contribution in [2.24, 2.45) is 0 Å². The first-order valence-corrected chi connectivity index (χ1v) is 6.59. The fraction of sp³-hybridized carbons (Fsp3) is 0.250. The van der Waals surface area contributed by atoms with Crippen LogP contribution in [0, 0.1) is 0 Å². The van der Waals surface area contributed by atoms with Crippen molar-refractivity contribution in [3.8, 4) is 0 Å². The van der Waals surface area contributed by atoms with Gasteiger partial charge in [0.25, 0.3) is 0 Å². The third-order valence-electron chi connectivity index (χ3n) is 3.83. The highest BCUT2D eigenvalue weighted by Crippen LogP contribution is 2.56.